The van der Waals surface area contributed by atoms with E-state index in [1.54, 1.807) is 17.0 Å². The summed E-state index contributed by atoms with van der Waals surface area (Å²) in [4.78, 5) is 14.5. The summed E-state index contributed by atoms with van der Waals surface area (Å²) in [6, 6.07) is 5.94. The zero-order valence-electron chi connectivity index (χ0n) is 11.9. The number of aliphatic hydroxyl groups excluding tert-OH is 1. The van der Waals surface area contributed by atoms with Gasteiger partial charge in [0, 0.05) is 18.4 Å². The summed E-state index contributed by atoms with van der Waals surface area (Å²) in [5.74, 6) is 0.280. The Morgan fingerprint density at radius 1 is 1.19 bits per heavy atom. The van der Waals surface area contributed by atoms with Gasteiger partial charge in [0.1, 0.15) is 0 Å². The van der Waals surface area contributed by atoms with E-state index < -0.39 is 15.9 Å². The zero-order chi connectivity index (χ0) is 15.2. The highest BCUT2D eigenvalue weighted by atomic mass is 32.2. The molecule has 3 rings (SSSR count). The molecular weight excluding hydrogens is 290 g/mol. The number of aliphatic hydroxyl groups is 1. The number of likely N-dealkylation sites (tertiary alicyclic amines) is 1. The van der Waals surface area contributed by atoms with E-state index in [0.717, 1.165) is 25.5 Å². The van der Waals surface area contributed by atoms with Crippen LogP contribution in [0.5, 0.6) is 0 Å². The number of rotatable bonds is 2. The summed E-state index contributed by atoms with van der Waals surface area (Å²) in [5.41, 5.74) is 0.474. The fraction of sp³-hybridized carbons (Fsp3) is 0.533. The van der Waals surface area contributed by atoms with Crippen LogP contribution in [0.15, 0.2) is 29.2 Å². The van der Waals surface area contributed by atoms with Gasteiger partial charge >= 0.3 is 0 Å². The molecule has 1 saturated heterocycles. The number of fused-ring (bicyclic) bond motifs is 1. The topological polar surface area (TPSA) is 74.7 Å². The van der Waals surface area contributed by atoms with Crippen molar-refractivity contribution in [2.45, 2.75) is 36.3 Å². The van der Waals surface area contributed by atoms with E-state index >= 15 is 0 Å². The Kier molecular flexibility index (Phi) is 3.53. The van der Waals surface area contributed by atoms with Crippen molar-refractivity contribution in [3.05, 3.63) is 29.8 Å². The Bertz CT molecular complexity index is 653. The van der Waals surface area contributed by atoms with E-state index in [2.05, 4.69) is 0 Å². The van der Waals surface area contributed by atoms with E-state index in [1.165, 1.54) is 12.1 Å². The zero-order valence-corrected chi connectivity index (χ0v) is 12.7. The molecule has 1 aromatic rings. The number of benzene rings is 1. The predicted molar refractivity (Wildman–Crippen MR) is 77.7 cm³/mol. The molecule has 2 aliphatic rings. The maximum Gasteiger partial charge on any atom is 0.254 e. The summed E-state index contributed by atoms with van der Waals surface area (Å²) < 4.78 is 22.9. The van der Waals surface area contributed by atoms with Gasteiger partial charge in [-0.2, -0.15) is 0 Å². The molecule has 0 spiro atoms. The van der Waals surface area contributed by atoms with Gasteiger partial charge < -0.3 is 10.0 Å². The monoisotopic (exact) mass is 309 g/mol. The lowest BCUT2D eigenvalue weighted by atomic mass is 10.0. The van der Waals surface area contributed by atoms with Crippen molar-refractivity contribution < 1.29 is 18.3 Å². The number of amides is 1. The normalized spacial score (nSPS) is 28.7. The van der Waals surface area contributed by atoms with Gasteiger partial charge in [-0.1, -0.05) is 0 Å². The summed E-state index contributed by atoms with van der Waals surface area (Å²) in [6.07, 6.45) is 3.38. The minimum atomic E-state index is -3.25. The first-order chi connectivity index (χ1) is 9.88. The molecule has 1 N–H and O–H groups in total. The van der Waals surface area contributed by atoms with Crippen LogP contribution in [0.3, 0.4) is 0 Å². The molecule has 1 saturated carbocycles. The van der Waals surface area contributed by atoms with Crippen molar-refractivity contribution >= 4 is 15.7 Å². The Morgan fingerprint density at radius 2 is 1.86 bits per heavy atom. The van der Waals surface area contributed by atoms with Gasteiger partial charge in [0.15, 0.2) is 9.84 Å². The maximum absolute atomic E-state index is 12.6. The molecule has 5 nitrogen and oxygen atoms in total. The van der Waals surface area contributed by atoms with E-state index in [1.807, 2.05) is 0 Å². The number of nitrogens with zero attached hydrogens (tertiary/aromatic N) is 1. The summed E-state index contributed by atoms with van der Waals surface area (Å²) in [7, 11) is -3.25. The predicted octanol–water partition coefficient (Wildman–Crippen LogP) is 1.08. The molecular formula is C15H19NO4S. The van der Waals surface area contributed by atoms with Gasteiger partial charge in [0.05, 0.1) is 17.0 Å². The summed E-state index contributed by atoms with van der Waals surface area (Å²) >= 11 is 0. The molecule has 1 aromatic carbocycles. The quantitative estimate of drug-likeness (QED) is 0.887. The van der Waals surface area contributed by atoms with E-state index in [9.17, 15) is 18.3 Å². The fourth-order valence-electron chi connectivity index (χ4n) is 3.52. The highest BCUT2D eigenvalue weighted by Gasteiger charge is 2.45. The number of carbonyl (C=O) groups is 1. The average Bonchev–Trinajstić information content (AvgIpc) is 3.01. The van der Waals surface area contributed by atoms with Gasteiger partial charge in [0.2, 0.25) is 0 Å². The van der Waals surface area contributed by atoms with E-state index in [0.29, 0.717) is 18.0 Å². The van der Waals surface area contributed by atoms with E-state index in [4.69, 9.17) is 0 Å². The highest BCUT2D eigenvalue weighted by Crippen LogP contribution is 2.38. The highest BCUT2D eigenvalue weighted by molar-refractivity contribution is 7.90. The maximum atomic E-state index is 12.6. The third-order valence-corrected chi connectivity index (χ3v) is 5.73. The van der Waals surface area contributed by atoms with Gasteiger partial charge in [-0.25, -0.2) is 8.42 Å². The van der Waals surface area contributed by atoms with Crippen LogP contribution < -0.4 is 0 Å². The SMILES string of the molecule is CS(=O)(=O)c1ccc(C(=O)N2CC[C@H]3CC[C@H](O)[C@H]32)cc1. The lowest BCUT2D eigenvalue weighted by Crippen LogP contribution is -2.42. The fourth-order valence-corrected chi connectivity index (χ4v) is 4.15. The van der Waals surface area contributed by atoms with Gasteiger partial charge in [0.25, 0.3) is 5.91 Å². The standard InChI is InChI=1S/C15H19NO4S/c1-21(19,20)12-5-2-11(3-6-12)15(18)16-9-8-10-4-7-13(17)14(10)16/h2-3,5-6,10,13-14,17H,4,7-9H2,1H3/t10-,13+,14+/m1/s1. The van der Waals surface area contributed by atoms with Crippen LogP contribution in [-0.2, 0) is 9.84 Å². The molecule has 0 aromatic heterocycles. The van der Waals surface area contributed by atoms with Crippen molar-refractivity contribution in [1.82, 2.24) is 4.90 Å². The van der Waals surface area contributed by atoms with Crippen LogP contribution in [0.4, 0.5) is 0 Å². The van der Waals surface area contributed by atoms with Gasteiger partial charge in [-0.3, -0.25) is 4.79 Å². The smallest absolute Gasteiger partial charge is 0.254 e. The second kappa shape index (κ2) is 5.10. The molecule has 0 unspecified atom stereocenters. The molecule has 2 fully saturated rings. The molecule has 0 bridgehead atoms. The lowest BCUT2D eigenvalue weighted by molar-refractivity contribution is 0.0531. The Hall–Kier alpha value is -1.40. The Labute approximate surface area is 124 Å². The number of carbonyl (C=O) groups excluding carboxylic acids is 1. The van der Waals surface area contributed by atoms with Crippen LogP contribution in [0.1, 0.15) is 29.6 Å². The molecule has 114 valence electrons. The molecule has 0 radical (unpaired) electrons. The average molecular weight is 309 g/mol. The minimum absolute atomic E-state index is 0.0768. The van der Waals surface area contributed by atoms with Gasteiger partial charge in [-0.15, -0.1) is 0 Å². The molecule has 1 aliphatic carbocycles. The molecule has 1 heterocycles. The second-order valence-corrected chi connectivity index (χ2v) is 7.99. The number of hydrogen-bond acceptors (Lipinski definition) is 4. The molecule has 3 atom stereocenters. The Morgan fingerprint density at radius 3 is 2.48 bits per heavy atom. The van der Waals surface area contributed by atoms with Crippen LogP contribution in [-0.4, -0.2) is 49.3 Å². The van der Waals surface area contributed by atoms with Crippen molar-refractivity contribution in [2.24, 2.45) is 5.92 Å². The largest absolute Gasteiger partial charge is 0.391 e. The first-order valence-electron chi connectivity index (χ1n) is 7.17. The van der Waals surface area contributed by atoms with Crippen LogP contribution in [0.25, 0.3) is 0 Å². The second-order valence-electron chi connectivity index (χ2n) is 5.98. The molecule has 6 heteroatoms. The van der Waals surface area contributed by atoms with Crippen LogP contribution in [0, 0.1) is 5.92 Å². The molecule has 1 aliphatic heterocycles. The molecule has 21 heavy (non-hydrogen) atoms. The van der Waals surface area contributed by atoms with Crippen molar-refractivity contribution in [3.8, 4) is 0 Å². The van der Waals surface area contributed by atoms with E-state index in [-0.39, 0.29) is 16.8 Å². The van der Waals surface area contributed by atoms with Crippen molar-refractivity contribution in [1.29, 1.82) is 0 Å². The third-order valence-electron chi connectivity index (χ3n) is 4.60. The lowest BCUT2D eigenvalue weighted by Gasteiger charge is -2.26. The van der Waals surface area contributed by atoms with Crippen LogP contribution in [0.2, 0.25) is 0 Å². The summed E-state index contributed by atoms with van der Waals surface area (Å²) in [6.45, 7) is 0.666. The van der Waals surface area contributed by atoms with Gasteiger partial charge in [-0.05, 0) is 49.4 Å². The Balaban J connectivity index is 1.82. The first-order valence-corrected chi connectivity index (χ1v) is 9.06. The number of hydrogen-bond donors (Lipinski definition) is 1. The third kappa shape index (κ3) is 2.58. The summed E-state index contributed by atoms with van der Waals surface area (Å²) in [5, 5.41) is 10.0. The van der Waals surface area contributed by atoms with Crippen molar-refractivity contribution in [3.63, 3.8) is 0 Å². The molecule has 1 amide bonds. The first kappa shape index (κ1) is 14.5. The number of sulfone groups is 1. The minimum Gasteiger partial charge on any atom is -0.391 e. The van der Waals surface area contributed by atoms with Crippen molar-refractivity contribution in [2.75, 3.05) is 12.8 Å². The van der Waals surface area contributed by atoms with Crippen LogP contribution >= 0.6 is 0 Å².